The van der Waals surface area contributed by atoms with Gasteiger partial charge in [-0.3, -0.25) is 14.5 Å². The minimum Gasteiger partial charge on any atom is -0.323 e. The number of carbonyl (C=O) groups is 3. The lowest BCUT2D eigenvalue weighted by Crippen LogP contribution is -2.47. The molecule has 0 bridgehead atoms. The van der Waals surface area contributed by atoms with Crippen molar-refractivity contribution in [3.8, 4) is 0 Å². The summed E-state index contributed by atoms with van der Waals surface area (Å²) in [6.45, 7) is -0.475. The number of ketones is 1. The largest absolute Gasteiger partial charge is 0.325 e. The molecule has 1 N–H and O–H groups in total. The van der Waals surface area contributed by atoms with Gasteiger partial charge < -0.3 is 5.32 Å². The van der Waals surface area contributed by atoms with Crippen LogP contribution in [0.25, 0.3) is 0 Å². The van der Waals surface area contributed by atoms with Crippen molar-refractivity contribution in [1.29, 1.82) is 0 Å². The molecule has 1 heterocycles. The van der Waals surface area contributed by atoms with Crippen molar-refractivity contribution in [3.05, 3.63) is 35.4 Å². The topological polar surface area (TPSA) is 66.5 Å². The summed E-state index contributed by atoms with van der Waals surface area (Å²) in [5.74, 6) is -3.19. The Balaban J connectivity index is 1.75. The minimum absolute atomic E-state index is 0.0712. The van der Waals surface area contributed by atoms with Crippen LogP contribution in [0.5, 0.6) is 0 Å². The van der Waals surface area contributed by atoms with Gasteiger partial charge in [-0.25, -0.2) is 13.6 Å². The Bertz CT molecular complexity index is 712. The molecule has 5 nitrogen and oxygen atoms in total. The normalized spacial score (nSPS) is 20.3. The number of rotatable bonds is 3. The first-order valence-electron chi connectivity index (χ1n) is 8.55. The second kappa shape index (κ2) is 6.90. The van der Waals surface area contributed by atoms with Crippen molar-refractivity contribution in [3.63, 3.8) is 0 Å². The molecule has 0 radical (unpaired) electrons. The Morgan fingerprint density at radius 3 is 2.32 bits per heavy atom. The number of nitrogens with zero attached hydrogens (tertiary/aromatic N) is 1. The fourth-order valence-corrected chi connectivity index (χ4v) is 3.57. The summed E-state index contributed by atoms with van der Waals surface area (Å²) in [6, 6.07) is 2.18. The number of imide groups is 1. The fraction of sp³-hybridized carbons (Fsp3) is 0.500. The van der Waals surface area contributed by atoms with Crippen LogP contribution < -0.4 is 5.32 Å². The summed E-state index contributed by atoms with van der Waals surface area (Å²) in [7, 11) is 0. The lowest BCUT2D eigenvalue weighted by Gasteiger charge is -2.28. The maximum absolute atomic E-state index is 13.3. The van der Waals surface area contributed by atoms with Crippen LogP contribution in [0.3, 0.4) is 0 Å². The predicted molar refractivity (Wildman–Crippen MR) is 86.0 cm³/mol. The smallest absolute Gasteiger partial charge is 0.323 e. The molecule has 1 aromatic rings. The van der Waals surface area contributed by atoms with E-state index in [-0.39, 0.29) is 5.56 Å². The number of amides is 3. The average Bonchev–Trinajstić information content (AvgIpc) is 2.78. The van der Waals surface area contributed by atoms with E-state index in [4.69, 9.17) is 0 Å². The average molecular weight is 350 g/mol. The van der Waals surface area contributed by atoms with Crippen molar-refractivity contribution in [2.45, 2.75) is 50.5 Å². The highest BCUT2D eigenvalue weighted by Crippen LogP contribution is 2.32. The number of urea groups is 1. The van der Waals surface area contributed by atoms with Crippen molar-refractivity contribution >= 4 is 17.7 Å². The van der Waals surface area contributed by atoms with E-state index < -0.39 is 41.4 Å². The monoisotopic (exact) mass is 350 g/mol. The third kappa shape index (κ3) is 3.41. The molecule has 1 spiro atoms. The van der Waals surface area contributed by atoms with E-state index >= 15 is 0 Å². The Morgan fingerprint density at radius 2 is 1.68 bits per heavy atom. The highest BCUT2D eigenvalue weighted by atomic mass is 19.2. The van der Waals surface area contributed by atoms with Crippen molar-refractivity contribution in [1.82, 2.24) is 10.2 Å². The molecule has 134 valence electrons. The molecule has 1 aromatic carbocycles. The van der Waals surface area contributed by atoms with Gasteiger partial charge in [-0.05, 0) is 31.0 Å². The molecule has 1 aliphatic heterocycles. The molecule has 3 rings (SSSR count). The van der Waals surface area contributed by atoms with Gasteiger partial charge in [0.25, 0.3) is 5.91 Å². The zero-order chi connectivity index (χ0) is 18.0. The van der Waals surface area contributed by atoms with E-state index in [1.807, 2.05) is 0 Å². The van der Waals surface area contributed by atoms with Crippen molar-refractivity contribution in [2.24, 2.45) is 0 Å². The van der Waals surface area contributed by atoms with Gasteiger partial charge in [0, 0.05) is 5.56 Å². The molecule has 1 aliphatic carbocycles. The SMILES string of the molecule is O=C(CN1C(=O)NC2(CCCCCCC2)C1=O)c1ccc(F)c(F)c1. The molecule has 2 aliphatic rings. The maximum atomic E-state index is 13.3. The Kier molecular flexibility index (Phi) is 4.83. The first kappa shape index (κ1) is 17.5. The van der Waals surface area contributed by atoms with E-state index in [9.17, 15) is 23.2 Å². The van der Waals surface area contributed by atoms with Crippen LogP contribution in [0.4, 0.5) is 13.6 Å². The molecular weight excluding hydrogens is 330 g/mol. The number of Topliss-reactive ketones (excluding diaryl/α,β-unsaturated/α-hetero) is 1. The summed E-state index contributed by atoms with van der Waals surface area (Å²) in [6.07, 6.45) is 5.96. The molecule has 0 aromatic heterocycles. The van der Waals surface area contributed by atoms with Gasteiger partial charge in [0.2, 0.25) is 0 Å². The van der Waals surface area contributed by atoms with Crippen LogP contribution in [-0.4, -0.2) is 34.7 Å². The van der Waals surface area contributed by atoms with Crippen LogP contribution in [-0.2, 0) is 4.79 Å². The van der Waals surface area contributed by atoms with E-state index in [1.165, 1.54) is 0 Å². The number of benzene rings is 1. The number of carbonyl (C=O) groups excluding carboxylic acids is 3. The third-order valence-electron chi connectivity index (χ3n) is 5.00. The third-order valence-corrected chi connectivity index (χ3v) is 5.00. The lowest BCUT2D eigenvalue weighted by atomic mass is 9.84. The molecule has 1 saturated heterocycles. The zero-order valence-electron chi connectivity index (χ0n) is 13.8. The quantitative estimate of drug-likeness (QED) is 0.672. The van der Waals surface area contributed by atoms with E-state index in [2.05, 4.69) is 5.32 Å². The predicted octanol–water partition coefficient (Wildman–Crippen LogP) is 3.18. The summed E-state index contributed by atoms with van der Waals surface area (Å²) in [5.41, 5.74) is -0.996. The van der Waals surface area contributed by atoms with Gasteiger partial charge in [0.1, 0.15) is 5.54 Å². The first-order chi connectivity index (χ1) is 11.9. The van der Waals surface area contributed by atoms with Gasteiger partial charge >= 0.3 is 6.03 Å². The molecule has 0 atom stereocenters. The lowest BCUT2D eigenvalue weighted by molar-refractivity contribution is -0.131. The van der Waals surface area contributed by atoms with Gasteiger partial charge in [-0.2, -0.15) is 0 Å². The molecule has 3 amide bonds. The van der Waals surface area contributed by atoms with E-state index in [1.54, 1.807) is 0 Å². The summed E-state index contributed by atoms with van der Waals surface area (Å²) < 4.78 is 26.3. The van der Waals surface area contributed by atoms with Gasteiger partial charge in [0.05, 0.1) is 6.54 Å². The molecular formula is C18H20F2N2O3. The minimum atomic E-state index is -1.14. The fourth-order valence-electron chi connectivity index (χ4n) is 3.57. The standard InChI is InChI=1S/C18H20F2N2O3/c19-13-7-6-12(10-14(13)20)15(23)11-22-16(24)18(21-17(22)25)8-4-2-1-3-5-9-18/h6-7,10H,1-5,8-9,11H2,(H,21,25). The highest BCUT2D eigenvalue weighted by Gasteiger charge is 2.50. The van der Waals surface area contributed by atoms with Crippen molar-refractivity contribution < 1.29 is 23.2 Å². The van der Waals surface area contributed by atoms with Crippen LogP contribution in [0, 0.1) is 11.6 Å². The Morgan fingerprint density at radius 1 is 1.04 bits per heavy atom. The number of halogens is 2. The van der Waals surface area contributed by atoms with Gasteiger partial charge in [-0.15, -0.1) is 0 Å². The van der Waals surface area contributed by atoms with E-state index in [0.29, 0.717) is 12.8 Å². The van der Waals surface area contributed by atoms with Crippen LogP contribution >= 0.6 is 0 Å². The number of hydrogen-bond donors (Lipinski definition) is 1. The van der Waals surface area contributed by atoms with Crippen molar-refractivity contribution in [2.75, 3.05) is 6.54 Å². The van der Waals surface area contributed by atoms with E-state index in [0.717, 1.165) is 55.2 Å². The van der Waals surface area contributed by atoms with Crippen LogP contribution in [0.1, 0.15) is 55.3 Å². The van der Waals surface area contributed by atoms with Gasteiger partial charge in [0.15, 0.2) is 17.4 Å². The molecule has 25 heavy (non-hydrogen) atoms. The molecule has 2 fully saturated rings. The summed E-state index contributed by atoms with van der Waals surface area (Å²) in [4.78, 5) is 38.2. The highest BCUT2D eigenvalue weighted by molar-refractivity contribution is 6.11. The Hall–Kier alpha value is -2.31. The molecule has 7 heteroatoms. The summed E-state index contributed by atoms with van der Waals surface area (Å²) >= 11 is 0. The number of hydrogen-bond acceptors (Lipinski definition) is 3. The van der Waals surface area contributed by atoms with Crippen LogP contribution in [0.2, 0.25) is 0 Å². The zero-order valence-corrected chi connectivity index (χ0v) is 13.8. The van der Waals surface area contributed by atoms with Gasteiger partial charge in [-0.1, -0.05) is 32.1 Å². The molecule has 0 unspecified atom stereocenters. The second-order valence-corrected chi connectivity index (χ2v) is 6.72. The first-order valence-corrected chi connectivity index (χ1v) is 8.55. The summed E-state index contributed by atoms with van der Waals surface area (Å²) in [5, 5.41) is 2.77. The second-order valence-electron chi connectivity index (χ2n) is 6.72. The molecule has 1 saturated carbocycles. The van der Waals surface area contributed by atoms with Crippen LogP contribution in [0.15, 0.2) is 18.2 Å². The maximum Gasteiger partial charge on any atom is 0.325 e. The number of nitrogens with one attached hydrogen (secondary N) is 1. The Labute approximate surface area is 144 Å².